The highest BCUT2D eigenvalue weighted by Crippen LogP contribution is 2.70. The summed E-state index contributed by atoms with van der Waals surface area (Å²) in [6, 6.07) is 0. The van der Waals surface area contributed by atoms with Gasteiger partial charge in [0, 0.05) is 6.61 Å². The van der Waals surface area contributed by atoms with Gasteiger partial charge in [-0.3, -0.25) is 0 Å². The topological polar surface area (TPSA) is 179 Å². The molecule has 44 heavy (non-hydrogen) atoms. The minimum Gasteiger partial charge on any atom is -0.394 e. The van der Waals surface area contributed by atoms with E-state index in [1.54, 1.807) is 0 Å². The Hall–Kier alpha value is -1.21. The van der Waals surface area contributed by atoms with Gasteiger partial charge in [0.2, 0.25) is 5.67 Å². The zero-order valence-electron chi connectivity index (χ0n) is 21.9. The van der Waals surface area contributed by atoms with Crippen molar-refractivity contribution in [1.29, 1.82) is 0 Å². The molecule has 3 fully saturated rings. The monoisotopic (exact) mass is 678 g/mol. The molecule has 2 heterocycles. The Bertz CT molecular complexity index is 960. The molecule has 0 aromatic carbocycles. The van der Waals surface area contributed by atoms with E-state index in [2.05, 4.69) is 0 Å². The molecule has 11 nitrogen and oxygen atoms in total. The van der Waals surface area contributed by atoms with Crippen LogP contribution in [0.15, 0.2) is 0 Å². The van der Waals surface area contributed by atoms with E-state index in [4.69, 9.17) is 18.9 Å². The maximum Gasteiger partial charge on any atom is 0.384 e. The predicted octanol–water partition coefficient (Wildman–Crippen LogP) is -0.304. The maximum absolute atomic E-state index is 14.8. The van der Waals surface area contributed by atoms with Gasteiger partial charge in [0.15, 0.2) is 12.6 Å². The number of aliphatic hydroxyl groups is 7. The van der Waals surface area contributed by atoms with Gasteiger partial charge < -0.3 is 54.7 Å². The second-order valence-electron chi connectivity index (χ2n) is 10.5. The molecule has 7 N–H and O–H groups in total. The molecule has 10 atom stereocenters. The number of alkyl halides is 11. The molecular weight excluding hydrogens is 649 g/mol. The lowest BCUT2D eigenvalue weighted by molar-refractivity contribution is -0.485. The summed E-state index contributed by atoms with van der Waals surface area (Å²) < 4.78 is 172. The van der Waals surface area contributed by atoms with Gasteiger partial charge in [0.1, 0.15) is 48.8 Å². The van der Waals surface area contributed by atoms with Crippen molar-refractivity contribution in [3.05, 3.63) is 0 Å². The van der Waals surface area contributed by atoms with Crippen LogP contribution in [-0.2, 0) is 18.9 Å². The molecule has 0 unspecified atom stereocenters. The van der Waals surface area contributed by atoms with Gasteiger partial charge in [0.25, 0.3) is 0 Å². The van der Waals surface area contributed by atoms with Gasteiger partial charge in [-0.25, -0.2) is 4.39 Å². The molecule has 0 aromatic rings. The van der Waals surface area contributed by atoms with Crippen LogP contribution in [0.3, 0.4) is 0 Å². The molecule has 0 aromatic heterocycles. The first-order valence-electron chi connectivity index (χ1n) is 12.8. The Morgan fingerprint density at radius 1 is 0.523 bits per heavy atom. The van der Waals surface area contributed by atoms with Crippen molar-refractivity contribution in [3.8, 4) is 0 Å². The second kappa shape index (κ2) is 12.4. The molecule has 22 heteroatoms. The van der Waals surface area contributed by atoms with E-state index < -0.39 is 136 Å². The quantitative estimate of drug-likeness (QED) is 0.119. The number of unbranched alkanes of at least 4 members (excludes halogenated alkanes) is 1. The highest BCUT2D eigenvalue weighted by atomic mass is 19.4. The average molecular weight is 678 g/mol. The van der Waals surface area contributed by atoms with Crippen molar-refractivity contribution in [1.82, 2.24) is 0 Å². The molecule has 260 valence electrons. The third-order valence-corrected chi connectivity index (χ3v) is 7.73. The van der Waals surface area contributed by atoms with Crippen LogP contribution >= 0.6 is 0 Å². The smallest absolute Gasteiger partial charge is 0.384 e. The normalized spacial score (nSPS) is 42.1. The van der Waals surface area contributed by atoms with Gasteiger partial charge in [0.05, 0.1) is 13.2 Å². The lowest BCUT2D eigenvalue weighted by Crippen LogP contribution is -2.83. The molecule has 1 aliphatic carbocycles. The van der Waals surface area contributed by atoms with Crippen molar-refractivity contribution in [2.75, 3.05) is 19.8 Å². The Morgan fingerprint density at radius 3 is 1.48 bits per heavy atom. The van der Waals surface area contributed by atoms with Crippen LogP contribution in [0.1, 0.15) is 19.3 Å². The third kappa shape index (κ3) is 5.36. The lowest BCUT2D eigenvalue weighted by Gasteiger charge is -2.52. The Balaban J connectivity index is 1.63. The predicted molar refractivity (Wildman–Crippen MR) is 115 cm³/mol. The molecule has 0 spiro atoms. The summed E-state index contributed by atoms with van der Waals surface area (Å²) in [5.41, 5.74) is -6.15. The molecule has 0 amide bonds. The Morgan fingerprint density at radius 2 is 0.977 bits per heavy atom. The molecule has 0 radical (unpaired) electrons. The summed E-state index contributed by atoms with van der Waals surface area (Å²) in [7, 11) is 0. The van der Waals surface area contributed by atoms with Crippen molar-refractivity contribution < 1.29 is 103 Å². The van der Waals surface area contributed by atoms with Crippen LogP contribution in [0.25, 0.3) is 0 Å². The highest BCUT2D eigenvalue weighted by molar-refractivity contribution is 5.26. The van der Waals surface area contributed by atoms with Crippen LogP contribution < -0.4 is 0 Å². The van der Waals surface area contributed by atoms with Crippen molar-refractivity contribution in [3.63, 3.8) is 0 Å². The number of hydrogen-bond acceptors (Lipinski definition) is 11. The summed E-state index contributed by atoms with van der Waals surface area (Å²) in [5, 5.41) is 69.4. The fourth-order valence-electron chi connectivity index (χ4n) is 4.96. The van der Waals surface area contributed by atoms with Gasteiger partial charge >= 0.3 is 29.6 Å². The molecule has 3 aliphatic rings. The molecule has 0 bridgehead atoms. The van der Waals surface area contributed by atoms with Crippen LogP contribution in [0.4, 0.5) is 48.3 Å². The number of ether oxygens (including phenoxy) is 4. The van der Waals surface area contributed by atoms with E-state index in [1.807, 2.05) is 0 Å². The van der Waals surface area contributed by atoms with E-state index in [9.17, 15) is 84.0 Å². The highest BCUT2D eigenvalue weighted by Gasteiger charge is 3.00. The van der Waals surface area contributed by atoms with Gasteiger partial charge in [-0.15, -0.1) is 0 Å². The maximum atomic E-state index is 14.8. The number of halogens is 11. The zero-order valence-corrected chi connectivity index (χ0v) is 21.9. The van der Waals surface area contributed by atoms with Crippen LogP contribution in [0, 0.1) is 0 Å². The zero-order chi connectivity index (χ0) is 33.8. The third-order valence-electron chi connectivity index (χ3n) is 7.73. The second-order valence-corrected chi connectivity index (χ2v) is 10.5. The van der Waals surface area contributed by atoms with Crippen molar-refractivity contribution >= 4 is 0 Å². The van der Waals surface area contributed by atoms with Crippen LogP contribution in [0.5, 0.6) is 0 Å². The fraction of sp³-hybridized carbons (Fsp3) is 1.00. The molecule has 2 aliphatic heterocycles. The molecular formula is C22H29F11O11. The summed E-state index contributed by atoms with van der Waals surface area (Å²) in [4.78, 5) is 0. The Labute approximate surface area is 239 Å². The standard InChI is InChI=1S/C22H29F11O11/c23-17(18(24,25)20(28,29)22(32,33)21(30,31)19(17,26)27)3-1-2-4-41-15-13(40)11(38)14(8(6-35)43-15)44-16-12(39)10(37)9(36)7(5-34)42-16/h7-16,34-40H,1-6H2/t7-,8-,9-,10+,11-,12-,13-,14-,15-,16-/m1/s1. The summed E-state index contributed by atoms with van der Waals surface area (Å²) >= 11 is 0. The van der Waals surface area contributed by atoms with Crippen LogP contribution in [-0.4, -0.2) is 152 Å². The molecule has 2 saturated heterocycles. The van der Waals surface area contributed by atoms with Crippen molar-refractivity contribution in [2.24, 2.45) is 0 Å². The number of rotatable bonds is 10. The summed E-state index contributed by atoms with van der Waals surface area (Å²) in [6.07, 6.45) is -23.4. The SMILES string of the molecule is OC[C@H]1O[C@H](O[C@H]2[C@H](O)[C@@H](O)[C@H](OCCCCC3(F)C(F)(F)C(F)(F)C(F)(F)C(F)(F)C3(F)F)O[C@@H]2CO)[C@H](O)[C@@H](O)[C@@H]1O. The fourth-order valence-corrected chi connectivity index (χ4v) is 4.96. The van der Waals surface area contributed by atoms with Gasteiger partial charge in [-0.1, -0.05) is 0 Å². The minimum atomic E-state index is -7.32. The minimum absolute atomic E-state index is 0.868. The van der Waals surface area contributed by atoms with Crippen LogP contribution in [0.2, 0.25) is 0 Å². The van der Waals surface area contributed by atoms with E-state index in [1.165, 1.54) is 0 Å². The number of hydrogen-bond donors (Lipinski definition) is 7. The van der Waals surface area contributed by atoms with E-state index >= 15 is 0 Å². The molecule has 3 rings (SSSR count). The first-order chi connectivity index (χ1) is 20.0. The summed E-state index contributed by atoms with van der Waals surface area (Å²) in [6.45, 7) is -2.80. The van der Waals surface area contributed by atoms with Gasteiger partial charge in [-0.05, 0) is 19.3 Å². The van der Waals surface area contributed by atoms with E-state index in [0.29, 0.717) is 0 Å². The van der Waals surface area contributed by atoms with E-state index in [-0.39, 0.29) is 0 Å². The average Bonchev–Trinajstić information content (AvgIpc) is 2.94. The van der Waals surface area contributed by atoms with E-state index in [0.717, 1.165) is 0 Å². The van der Waals surface area contributed by atoms with Crippen molar-refractivity contribution in [2.45, 2.75) is 116 Å². The lowest BCUT2D eigenvalue weighted by atomic mass is 9.70. The number of aliphatic hydroxyl groups excluding tert-OH is 7. The first kappa shape index (κ1) is 37.2. The van der Waals surface area contributed by atoms with Gasteiger partial charge in [-0.2, -0.15) is 43.9 Å². The summed E-state index contributed by atoms with van der Waals surface area (Å²) in [5.74, 6) is -35.7. The largest absolute Gasteiger partial charge is 0.394 e. The Kier molecular flexibility index (Phi) is 10.5. The first-order valence-corrected chi connectivity index (χ1v) is 12.8. The molecule has 1 saturated carbocycles.